The summed E-state index contributed by atoms with van der Waals surface area (Å²) in [5, 5.41) is 0. The number of hydrogen-bond donors (Lipinski definition) is 0. The molecule has 0 aliphatic heterocycles. The number of rotatable bonds is 5. The van der Waals surface area contributed by atoms with Crippen LogP contribution in [0.3, 0.4) is 0 Å². The van der Waals surface area contributed by atoms with Gasteiger partial charge in [-0.15, -0.1) is 11.8 Å². The van der Waals surface area contributed by atoms with Crippen molar-refractivity contribution in [3.05, 3.63) is 24.3 Å². The second-order valence-electron chi connectivity index (χ2n) is 5.97. The molecule has 0 saturated heterocycles. The number of nitrogens with zero attached hydrogens (tertiary/aromatic N) is 1. The van der Waals surface area contributed by atoms with Gasteiger partial charge < -0.3 is 9.64 Å². The van der Waals surface area contributed by atoms with Crippen LogP contribution in [-0.2, 0) is 4.79 Å². The van der Waals surface area contributed by atoms with Crippen LogP contribution in [-0.4, -0.2) is 36.8 Å². The van der Waals surface area contributed by atoms with E-state index in [-0.39, 0.29) is 5.91 Å². The third-order valence-electron chi connectivity index (χ3n) is 4.44. The highest BCUT2D eigenvalue weighted by atomic mass is 32.2. The zero-order chi connectivity index (χ0) is 15.8. The highest BCUT2D eigenvalue weighted by Gasteiger charge is 2.20. The molecular formula is C18H27NO2S. The van der Waals surface area contributed by atoms with Crippen LogP contribution in [0.1, 0.15) is 44.9 Å². The Morgan fingerprint density at radius 1 is 1.14 bits per heavy atom. The van der Waals surface area contributed by atoms with Crippen LogP contribution in [0.15, 0.2) is 29.2 Å². The highest BCUT2D eigenvalue weighted by Crippen LogP contribution is 2.24. The molecule has 1 aromatic carbocycles. The summed E-state index contributed by atoms with van der Waals surface area (Å²) in [5.41, 5.74) is 0. The second-order valence-corrected chi connectivity index (χ2v) is 7.02. The molecule has 0 bridgehead atoms. The van der Waals surface area contributed by atoms with E-state index in [9.17, 15) is 4.79 Å². The molecule has 0 atom stereocenters. The van der Waals surface area contributed by atoms with Gasteiger partial charge in [0.05, 0.1) is 12.9 Å². The minimum Gasteiger partial charge on any atom is -0.497 e. The predicted octanol–water partition coefficient (Wildman–Crippen LogP) is 4.36. The number of amides is 1. The van der Waals surface area contributed by atoms with Crippen molar-refractivity contribution in [1.29, 1.82) is 0 Å². The van der Waals surface area contributed by atoms with Gasteiger partial charge in [0.15, 0.2) is 0 Å². The Kier molecular flexibility index (Phi) is 7.10. The van der Waals surface area contributed by atoms with Crippen molar-refractivity contribution in [3.63, 3.8) is 0 Å². The number of carbonyl (C=O) groups excluding carboxylic acids is 1. The monoisotopic (exact) mass is 321 g/mol. The van der Waals surface area contributed by atoms with Crippen molar-refractivity contribution in [2.75, 3.05) is 19.9 Å². The first-order valence-corrected chi connectivity index (χ1v) is 9.22. The summed E-state index contributed by atoms with van der Waals surface area (Å²) in [4.78, 5) is 15.5. The van der Waals surface area contributed by atoms with Crippen molar-refractivity contribution in [2.24, 2.45) is 0 Å². The van der Waals surface area contributed by atoms with E-state index in [0.717, 1.165) is 23.5 Å². The molecule has 0 heterocycles. The molecule has 2 rings (SSSR count). The average Bonchev–Trinajstić information content (AvgIpc) is 2.52. The van der Waals surface area contributed by atoms with E-state index in [1.54, 1.807) is 18.9 Å². The van der Waals surface area contributed by atoms with E-state index >= 15 is 0 Å². The average molecular weight is 321 g/mol. The van der Waals surface area contributed by atoms with Crippen molar-refractivity contribution >= 4 is 17.7 Å². The fourth-order valence-electron chi connectivity index (χ4n) is 2.94. The number of carbonyl (C=O) groups is 1. The van der Waals surface area contributed by atoms with E-state index in [0.29, 0.717) is 11.8 Å². The van der Waals surface area contributed by atoms with Crippen LogP contribution in [0.5, 0.6) is 5.75 Å². The molecule has 122 valence electrons. The quantitative estimate of drug-likeness (QED) is 0.755. The van der Waals surface area contributed by atoms with Gasteiger partial charge in [0, 0.05) is 18.0 Å². The lowest BCUT2D eigenvalue weighted by atomic mass is 9.96. The van der Waals surface area contributed by atoms with Gasteiger partial charge in [-0.3, -0.25) is 4.79 Å². The third-order valence-corrected chi connectivity index (χ3v) is 5.43. The molecule has 1 aliphatic rings. The Balaban J connectivity index is 1.81. The Bertz CT molecular complexity index is 453. The van der Waals surface area contributed by atoms with Gasteiger partial charge in [-0.1, -0.05) is 32.1 Å². The maximum absolute atomic E-state index is 12.4. The van der Waals surface area contributed by atoms with Gasteiger partial charge in [0.2, 0.25) is 5.91 Å². The van der Waals surface area contributed by atoms with Crippen molar-refractivity contribution in [1.82, 2.24) is 4.90 Å². The normalized spacial score (nSPS) is 16.6. The molecule has 1 aromatic rings. The van der Waals surface area contributed by atoms with E-state index in [2.05, 4.69) is 0 Å². The summed E-state index contributed by atoms with van der Waals surface area (Å²) < 4.78 is 5.15. The predicted molar refractivity (Wildman–Crippen MR) is 92.6 cm³/mol. The molecule has 0 radical (unpaired) electrons. The first-order valence-electron chi connectivity index (χ1n) is 8.23. The van der Waals surface area contributed by atoms with Crippen LogP contribution in [0.4, 0.5) is 0 Å². The number of ether oxygens (including phenoxy) is 1. The molecule has 1 saturated carbocycles. The molecule has 3 nitrogen and oxygen atoms in total. The molecule has 0 aromatic heterocycles. The van der Waals surface area contributed by atoms with E-state index in [1.807, 2.05) is 36.2 Å². The fraction of sp³-hybridized carbons (Fsp3) is 0.611. The molecule has 1 fully saturated rings. The molecule has 1 amide bonds. The molecular weight excluding hydrogens is 294 g/mol. The third kappa shape index (κ3) is 5.24. The van der Waals surface area contributed by atoms with Crippen LogP contribution in [0, 0.1) is 0 Å². The van der Waals surface area contributed by atoms with Gasteiger partial charge in [-0.2, -0.15) is 0 Å². The second kappa shape index (κ2) is 9.09. The van der Waals surface area contributed by atoms with Crippen molar-refractivity contribution in [2.45, 2.75) is 55.9 Å². The van der Waals surface area contributed by atoms with Gasteiger partial charge >= 0.3 is 0 Å². The maximum atomic E-state index is 12.4. The molecule has 0 N–H and O–H groups in total. The lowest BCUT2D eigenvalue weighted by Crippen LogP contribution is -2.38. The first-order chi connectivity index (χ1) is 10.7. The number of benzene rings is 1. The van der Waals surface area contributed by atoms with Crippen LogP contribution in [0.25, 0.3) is 0 Å². The summed E-state index contributed by atoms with van der Waals surface area (Å²) in [6.07, 6.45) is 8.84. The van der Waals surface area contributed by atoms with Gasteiger partial charge in [0.25, 0.3) is 0 Å². The molecule has 4 heteroatoms. The van der Waals surface area contributed by atoms with Crippen LogP contribution >= 0.6 is 11.8 Å². The molecule has 0 unspecified atom stereocenters. The molecule has 1 aliphatic carbocycles. The standard InChI is InChI=1S/C18H27NO2S/c1-19(15-8-6-4-3-5-7-9-15)18(20)14-22-17-12-10-16(21-2)11-13-17/h10-13,15H,3-9,14H2,1-2H3. The van der Waals surface area contributed by atoms with Crippen LogP contribution < -0.4 is 4.74 Å². The Morgan fingerprint density at radius 2 is 1.73 bits per heavy atom. The largest absolute Gasteiger partial charge is 0.497 e. The van der Waals surface area contributed by atoms with Crippen LogP contribution in [0.2, 0.25) is 0 Å². The van der Waals surface area contributed by atoms with E-state index < -0.39 is 0 Å². The maximum Gasteiger partial charge on any atom is 0.232 e. The minimum atomic E-state index is 0.242. The van der Waals surface area contributed by atoms with Gasteiger partial charge in [-0.25, -0.2) is 0 Å². The summed E-state index contributed by atoms with van der Waals surface area (Å²) in [7, 11) is 3.64. The Hall–Kier alpha value is -1.16. The zero-order valence-electron chi connectivity index (χ0n) is 13.7. The van der Waals surface area contributed by atoms with E-state index in [4.69, 9.17) is 4.74 Å². The van der Waals surface area contributed by atoms with Gasteiger partial charge in [0.1, 0.15) is 5.75 Å². The van der Waals surface area contributed by atoms with E-state index in [1.165, 1.54) is 32.1 Å². The first kappa shape index (κ1) is 17.2. The number of thioether (sulfide) groups is 1. The Morgan fingerprint density at radius 3 is 2.32 bits per heavy atom. The Labute approximate surface area is 138 Å². The van der Waals surface area contributed by atoms with Gasteiger partial charge in [-0.05, 0) is 37.1 Å². The summed E-state index contributed by atoms with van der Waals surface area (Å²) >= 11 is 1.60. The minimum absolute atomic E-state index is 0.242. The molecule has 0 spiro atoms. The van der Waals surface area contributed by atoms with Crippen molar-refractivity contribution < 1.29 is 9.53 Å². The lowest BCUT2D eigenvalue weighted by molar-refractivity contribution is -0.129. The highest BCUT2D eigenvalue weighted by molar-refractivity contribution is 8.00. The zero-order valence-corrected chi connectivity index (χ0v) is 14.5. The lowest BCUT2D eigenvalue weighted by Gasteiger charge is -2.29. The summed E-state index contributed by atoms with van der Waals surface area (Å²) in [5.74, 6) is 1.60. The topological polar surface area (TPSA) is 29.5 Å². The van der Waals surface area contributed by atoms with Crippen molar-refractivity contribution in [3.8, 4) is 5.75 Å². The summed E-state index contributed by atoms with van der Waals surface area (Å²) in [6, 6.07) is 8.32. The summed E-state index contributed by atoms with van der Waals surface area (Å²) in [6.45, 7) is 0. The fourth-order valence-corrected chi connectivity index (χ4v) is 3.77. The smallest absolute Gasteiger partial charge is 0.232 e. The number of methoxy groups -OCH3 is 1. The molecule has 22 heavy (non-hydrogen) atoms. The number of hydrogen-bond acceptors (Lipinski definition) is 3. The SMILES string of the molecule is COc1ccc(SCC(=O)N(C)C2CCCCCCC2)cc1.